The van der Waals surface area contributed by atoms with E-state index in [1.165, 1.54) is 0 Å². The molecule has 0 bridgehead atoms. The van der Waals surface area contributed by atoms with Crippen LogP contribution in [-0.4, -0.2) is 12.5 Å². The van der Waals surface area contributed by atoms with Gasteiger partial charge in [-0.25, -0.2) is 0 Å². The molecular formula is C19H13BrN2O4. The summed E-state index contributed by atoms with van der Waals surface area (Å²) >= 11 is 3.45. The number of carbonyl (C=O) groups excluding carboxylic acids is 1. The Morgan fingerprint density at radius 1 is 1.08 bits per heavy atom. The van der Waals surface area contributed by atoms with Crippen LogP contribution in [0.1, 0.15) is 5.56 Å². The molecule has 0 radical (unpaired) electrons. The van der Waals surface area contributed by atoms with Crippen LogP contribution in [0.2, 0.25) is 0 Å². The predicted molar refractivity (Wildman–Crippen MR) is 103 cm³/mol. The Kier molecular flexibility index (Phi) is 3.88. The van der Waals surface area contributed by atoms with Crippen molar-refractivity contribution in [2.24, 2.45) is 0 Å². The Morgan fingerprint density at radius 3 is 2.65 bits per heavy atom. The molecule has 0 atom stereocenters. The van der Waals surface area contributed by atoms with Gasteiger partial charge in [0.15, 0.2) is 6.61 Å². The van der Waals surface area contributed by atoms with Gasteiger partial charge in [0.05, 0.1) is 16.9 Å². The first-order chi connectivity index (χ1) is 12.4. The molecule has 0 aromatic heterocycles. The van der Waals surface area contributed by atoms with Gasteiger partial charge in [0.2, 0.25) is 5.43 Å². The quantitative estimate of drug-likeness (QED) is 0.645. The van der Waals surface area contributed by atoms with E-state index >= 15 is 0 Å². The van der Waals surface area contributed by atoms with Gasteiger partial charge in [-0.15, -0.1) is 0 Å². The second kappa shape index (κ2) is 6.10. The van der Waals surface area contributed by atoms with Crippen LogP contribution >= 0.6 is 15.9 Å². The Labute approximate surface area is 156 Å². The molecule has 0 unspecified atom stereocenters. The van der Waals surface area contributed by atoms with E-state index in [2.05, 4.69) is 26.6 Å². The molecule has 1 heterocycles. The fraction of sp³-hybridized carbons (Fsp3) is 0.105. The second-order valence-electron chi connectivity index (χ2n) is 6.06. The van der Waals surface area contributed by atoms with E-state index in [9.17, 15) is 14.4 Å². The minimum Gasteiger partial charge on any atom is -0.482 e. The van der Waals surface area contributed by atoms with Crippen molar-refractivity contribution in [1.82, 2.24) is 0 Å². The van der Waals surface area contributed by atoms with Crippen molar-refractivity contribution < 1.29 is 9.53 Å². The molecule has 1 aliphatic rings. The summed E-state index contributed by atoms with van der Waals surface area (Å²) in [6.45, 7) is 1.88. The highest BCUT2D eigenvalue weighted by Gasteiger charge is 2.25. The molecule has 1 amide bonds. The summed E-state index contributed by atoms with van der Waals surface area (Å²) in [6.07, 6.45) is 0. The van der Waals surface area contributed by atoms with Gasteiger partial charge < -0.3 is 15.4 Å². The monoisotopic (exact) mass is 412 g/mol. The molecule has 130 valence electrons. The molecule has 0 saturated heterocycles. The van der Waals surface area contributed by atoms with Crippen LogP contribution in [0, 0.1) is 6.92 Å². The smallest absolute Gasteiger partial charge is 0.262 e. The largest absolute Gasteiger partial charge is 0.482 e. The fourth-order valence-corrected chi connectivity index (χ4v) is 3.46. The predicted octanol–water partition coefficient (Wildman–Crippen LogP) is 3.10. The van der Waals surface area contributed by atoms with Gasteiger partial charge in [-0.2, -0.15) is 0 Å². The Bertz CT molecular complexity index is 1130. The van der Waals surface area contributed by atoms with E-state index in [4.69, 9.17) is 4.74 Å². The molecule has 0 spiro atoms. The van der Waals surface area contributed by atoms with E-state index in [1.54, 1.807) is 18.2 Å². The Hall–Kier alpha value is -2.93. The molecule has 1 aliphatic heterocycles. The van der Waals surface area contributed by atoms with Crippen molar-refractivity contribution in [3.05, 3.63) is 66.9 Å². The number of aryl methyl sites for hydroxylation is 1. The number of benzene rings is 2. The number of hydrogen-bond donors (Lipinski definition) is 2. The summed E-state index contributed by atoms with van der Waals surface area (Å²) in [5, 5.41) is 5.73. The van der Waals surface area contributed by atoms with Gasteiger partial charge in [-0.1, -0.05) is 12.1 Å². The molecule has 4 rings (SSSR count). The van der Waals surface area contributed by atoms with Crippen LogP contribution in [0.4, 0.5) is 17.1 Å². The molecule has 6 nitrogen and oxygen atoms in total. The van der Waals surface area contributed by atoms with Gasteiger partial charge in [-0.3, -0.25) is 14.4 Å². The van der Waals surface area contributed by atoms with Gasteiger partial charge in [0.25, 0.3) is 11.3 Å². The molecular weight excluding hydrogens is 400 g/mol. The lowest BCUT2D eigenvalue weighted by Crippen LogP contribution is -2.35. The third kappa shape index (κ3) is 2.70. The van der Waals surface area contributed by atoms with Gasteiger partial charge >= 0.3 is 0 Å². The van der Waals surface area contributed by atoms with Crippen LogP contribution in [0.15, 0.2) is 50.5 Å². The molecule has 0 fully saturated rings. The van der Waals surface area contributed by atoms with Crippen molar-refractivity contribution in [3.63, 3.8) is 0 Å². The minimum atomic E-state index is -0.556. The zero-order valence-corrected chi connectivity index (χ0v) is 15.3. The molecule has 3 aromatic carbocycles. The SMILES string of the molecule is Cc1ccc(Nc2c(-c3ccc4c(c3)OCC(=O)N4)c(=O)c2=O)c(Br)c1. The topological polar surface area (TPSA) is 84.5 Å². The maximum Gasteiger partial charge on any atom is 0.262 e. The fourth-order valence-electron chi connectivity index (χ4n) is 2.87. The summed E-state index contributed by atoms with van der Waals surface area (Å²) < 4.78 is 6.18. The van der Waals surface area contributed by atoms with Crippen LogP contribution in [0.3, 0.4) is 0 Å². The van der Waals surface area contributed by atoms with Crippen LogP contribution in [-0.2, 0) is 4.79 Å². The Balaban J connectivity index is 1.73. The van der Waals surface area contributed by atoms with Crippen molar-refractivity contribution in [2.75, 3.05) is 17.2 Å². The van der Waals surface area contributed by atoms with Crippen molar-refractivity contribution in [1.29, 1.82) is 0 Å². The van der Waals surface area contributed by atoms with Gasteiger partial charge in [0.1, 0.15) is 11.4 Å². The van der Waals surface area contributed by atoms with E-state index in [0.29, 0.717) is 28.3 Å². The number of hydrogen-bond acceptors (Lipinski definition) is 5. The summed E-state index contributed by atoms with van der Waals surface area (Å²) in [4.78, 5) is 35.6. The lowest BCUT2D eigenvalue weighted by molar-refractivity contribution is -0.118. The van der Waals surface area contributed by atoms with Gasteiger partial charge in [0, 0.05) is 4.47 Å². The average Bonchev–Trinajstić information content (AvgIpc) is 2.62. The zero-order valence-electron chi connectivity index (χ0n) is 13.7. The first-order valence-corrected chi connectivity index (χ1v) is 8.67. The summed E-state index contributed by atoms with van der Waals surface area (Å²) in [6, 6.07) is 10.7. The van der Waals surface area contributed by atoms with E-state index < -0.39 is 10.9 Å². The third-order valence-corrected chi connectivity index (χ3v) is 4.85. The molecule has 26 heavy (non-hydrogen) atoms. The summed E-state index contributed by atoms with van der Waals surface area (Å²) in [5.41, 5.74) is 2.33. The number of ether oxygens (including phenoxy) is 1. The maximum absolute atomic E-state index is 12.2. The Morgan fingerprint density at radius 2 is 1.88 bits per heavy atom. The van der Waals surface area contributed by atoms with E-state index in [1.807, 2.05) is 25.1 Å². The number of nitrogens with one attached hydrogen (secondary N) is 2. The standard InChI is InChI=1S/C19H13BrN2O4/c1-9-2-4-12(11(20)6-9)22-17-16(18(24)19(17)25)10-3-5-13-14(7-10)26-8-15(23)21-13/h2-7,22H,8H2,1H3,(H,21,23). The molecule has 3 aromatic rings. The zero-order chi connectivity index (χ0) is 18.4. The van der Waals surface area contributed by atoms with Gasteiger partial charge in [-0.05, 0) is 58.2 Å². The van der Waals surface area contributed by atoms with E-state index in [0.717, 1.165) is 10.0 Å². The molecule has 2 N–H and O–H groups in total. The van der Waals surface area contributed by atoms with Crippen molar-refractivity contribution >= 4 is 38.9 Å². The normalized spacial score (nSPS) is 13.1. The number of halogens is 1. The first-order valence-electron chi connectivity index (χ1n) is 7.87. The van der Waals surface area contributed by atoms with Crippen molar-refractivity contribution in [2.45, 2.75) is 6.92 Å². The highest BCUT2D eigenvalue weighted by Crippen LogP contribution is 2.35. The number of amides is 1. The highest BCUT2D eigenvalue weighted by molar-refractivity contribution is 9.10. The molecule has 7 heteroatoms. The van der Waals surface area contributed by atoms with Crippen LogP contribution < -0.4 is 26.2 Å². The van der Waals surface area contributed by atoms with Crippen LogP contribution in [0.25, 0.3) is 11.1 Å². The van der Waals surface area contributed by atoms with E-state index in [-0.39, 0.29) is 18.2 Å². The number of rotatable bonds is 3. The number of fused-ring (bicyclic) bond motifs is 1. The summed E-state index contributed by atoms with van der Waals surface area (Å²) in [5.74, 6) is 0.239. The number of anilines is 3. The summed E-state index contributed by atoms with van der Waals surface area (Å²) in [7, 11) is 0. The third-order valence-electron chi connectivity index (χ3n) is 4.20. The molecule has 0 aliphatic carbocycles. The second-order valence-corrected chi connectivity index (χ2v) is 6.92. The lowest BCUT2D eigenvalue weighted by atomic mass is 9.97. The van der Waals surface area contributed by atoms with Crippen molar-refractivity contribution in [3.8, 4) is 16.9 Å². The van der Waals surface area contributed by atoms with Crippen LogP contribution in [0.5, 0.6) is 5.75 Å². The first kappa shape index (κ1) is 16.5. The highest BCUT2D eigenvalue weighted by atomic mass is 79.9. The lowest BCUT2D eigenvalue weighted by Gasteiger charge is -2.20. The molecule has 0 saturated carbocycles. The average molecular weight is 413 g/mol. The minimum absolute atomic E-state index is 0.0796. The number of carbonyl (C=O) groups is 1. The maximum atomic E-state index is 12.2.